The minimum atomic E-state index is -0.502. The predicted molar refractivity (Wildman–Crippen MR) is 82.0 cm³/mol. The molecule has 0 aliphatic heterocycles. The molecule has 0 atom stereocenters. The average Bonchev–Trinajstić information content (AvgIpc) is 2.34. The zero-order chi connectivity index (χ0) is 15.9. The summed E-state index contributed by atoms with van der Waals surface area (Å²) in [5.74, 6) is 1.36. The largest absolute Gasteiger partial charge is 0.460 e. The van der Waals surface area contributed by atoms with Crippen LogP contribution in [0.1, 0.15) is 58.8 Å². The van der Waals surface area contributed by atoms with E-state index >= 15 is 0 Å². The lowest BCUT2D eigenvalue weighted by Gasteiger charge is -2.55. The Morgan fingerprint density at radius 2 is 1.59 bits per heavy atom. The highest BCUT2D eigenvalue weighted by molar-refractivity contribution is 5.93. The highest BCUT2D eigenvalue weighted by atomic mass is 16.6. The Labute approximate surface area is 132 Å². The van der Waals surface area contributed by atoms with Gasteiger partial charge < -0.3 is 9.47 Å². The molecule has 22 heavy (non-hydrogen) atoms. The van der Waals surface area contributed by atoms with E-state index < -0.39 is 5.97 Å². The van der Waals surface area contributed by atoms with Crippen LogP contribution in [0.5, 0.6) is 0 Å². The van der Waals surface area contributed by atoms with Crippen LogP contribution in [0.2, 0.25) is 0 Å². The summed E-state index contributed by atoms with van der Waals surface area (Å²) in [5, 5.41) is 0. The van der Waals surface area contributed by atoms with Gasteiger partial charge in [0.2, 0.25) is 0 Å². The molecule has 4 heteroatoms. The van der Waals surface area contributed by atoms with Gasteiger partial charge in [-0.3, -0.25) is 4.79 Å². The molecule has 0 unspecified atom stereocenters. The second-order valence-corrected chi connectivity index (χ2v) is 7.81. The summed E-state index contributed by atoms with van der Waals surface area (Å²) in [6, 6.07) is 0. The smallest absolute Gasteiger partial charge is 0.334 e. The topological polar surface area (TPSA) is 52.6 Å². The van der Waals surface area contributed by atoms with Gasteiger partial charge in [-0.2, -0.15) is 0 Å². The van der Waals surface area contributed by atoms with Crippen LogP contribution in [0.15, 0.2) is 12.2 Å². The van der Waals surface area contributed by atoms with Crippen molar-refractivity contribution in [1.82, 2.24) is 0 Å². The van der Waals surface area contributed by atoms with Crippen LogP contribution in [0.3, 0.4) is 0 Å². The van der Waals surface area contributed by atoms with E-state index in [1.807, 2.05) is 0 Å². The van der Waals surface area contributed by atoms with E-state index in [9.17, 15) is 9.59 Å². The second-order valence-electron chi connectivity index (χ2n) is 7.81. The fourth-order valence-corrected chi connectivity index (χ4v) is 4.98. The zero-order valence-electron chi connectivity index (χ0n) is 13.6. The van der Waals surface area contributed by atoms with Crippen molar-refractivity contribution < 1.29 is 19.1 Å². The molecule has 122 valence electrons. The summed E-state index contributed by atoms with van der Waals surface area (Å²) in [6.45, 7) is 7.22. The predicted octanol–water partition coefficient (Wildman–Crippen LogP) is 3.40. The van der Waals surface area contributed by atoms with E-state index in [2.05, 4.69) is 6.58 Å². The molecule has 0 amide bonds. The third kappa shape index (κ3) is 3.21. The normalized spacial score (nSPS) is 35.5. The molecule has 4 fully saturated rings. The van der Waals surface area contributed by atoms with Gasteiger partial charge in [0.25, 0.3) is 0 Å². The Morgan fingerprint density at radius 1 is 1.09 bits per heavy atom. The van der Waals surface area contributed by atoms with Crippen LogP contribution in [0.4, 0.5) is 0 Å². The molecule has 4 saturated carbocycles. The van der Waals surface area contributed by atoms with Gasteiger partial charge in [0.15, 0.2) is 0 Å². The molecule has 0 aromatic rings. The number of carbonyl (C=O) groups excluding carboxylic acids is 2. The first-order valence-electron chi connectivity index (χ1n) is 8.46. The molecule has 4 aliphatic carbocycles. The highest BCUT2D eigenvalue weighted by Crippen LogP contribution is 2.57. The second kappa shape index (κ2) is 5.71. The quantitative estimate of drug-likeness (QED) is 0.577. The van der Waals surface area contributed by atoms with E-state index in [0.717, 1.165) is 37.0 Å². The molecule has 4 rings (SSSR count). The first kappa shape index (κ1) is 15.6. The SMILES string of the molecule is C=C(CC(=O)OC12CC3CC(CC(C3)C1)C2)C(=O)OC(C)C. The molecule has 0 spiro atoms. The maximum atomic E-state index is 12.2. The summed E-state index contributed by atoms with van der Waals surface area (Å²) >= 11 is 0. The first-order valence-corrected chi connectivity index (χ1v) is 8.46. The van der Waals surface area contributed by atoms with Crippen molar-refractivity contribution in [1.29, 1.82) is 0 Å². The van der Waals surface area contributed by atoms with Gasteiger partial charge in [-0.05, 0) is 70.1 Å². The maximum Gasteiger partial charge on any atom is 0.334 e. The number of carbonyl (C=O) groups is 2. The Hall–Kier alpha value is -1.32. The molecular formula is C18H26O4. The molecule has 0 N–H and O–H groups in total. The third-order valence-corrected chi connectivity index (χ3v) is 5.30. The fraction of sp³-hybridized carbons (Fsp3) is 0.778. The molecule has 0 aromatic heterocycles. The lowest BCUT2D eigenvalue weighted by molar-refractivity contribution is -0.186. The van der Waals surface area contributed by atoms with Crippen molar-refractivity contribution in [3.8, 4) is 0 Å². The molecular weight excluding hydrogens is 280 g/mol. The van der Waals surface area contributed by atoms with Crippen molar-refractivity contribution in [2.45, 2.75) is 70.5 Å². The summed E-state index contributed by atoms with van der Waals surface area (Å²) in [7, 11) is 0. The summed E-state index contributed by atoms with van der Waals surface area (Å²) in [5.41, 5.74) is -0.0722. The van der Waals surface area contributed by atoms with Crippen molar-refractivity contribution in [3.63, 3.8) is 0 Å². The van der Waals surface area contributed by atoms with Gasteiger partial charge in [-0.1, -0.05) is 6.58 Å². The fourth-order valence-electron chi connectivity index (χ4n) is 4.98. The number of esters is 2. The maximum absolute atomic E-state index is 12.2. The zero-order valence-corrected chi connectivity index (χ0v) is 13.6. The van der Waals surface area contributed by atoms with Crippen LogP contribution >= 0.6 is 0 Å². The number of hydrogen-bond donors (Lipinski definition) is 0. The minimum Gasteiger partial charge on any atom is -0.460 e. The molecule has 0 heterocycles. The number of hydrogen-bond acceptors (Lipinski definition) is 4. The van der Waals surface area contributed by atoms with Gasteiger partial charge >= 0.3 is 11.9 Å². The summed E-state index contributed by atoms with van der Waals surface area (Å²) in [6.07, 6.45) is 6.68. The Balaban J connectivity index is 1.56. The van der Waals surface area contributed by atoms with Crippen LogP contribution in [-0.2, 0) is 19.1 Å². The van der Waals surface area contributed by atoms with E-state index in [1.54, 1.807) is 13.8 Å². The molecule has 4 nitrogen and oxygen atoms in total. The van der Waals surface area contributed by atoms with Gasteiger partial charge in [0.05, 0.1) is 12.5 Å². The molecule has 0 aromatic carbocycles. The van der Waals surface area contributed by atoms with E-state index in [1.165, 1.54) is 19.3 Å². The Morgan fingerprint density at radius 3 is 2.05 bits per heavy atom. The van der Waals surface area contributed by atoms with Gasteiger partial charge in [0, 0.05) is 5.57 Å². The average molecular weight is 306 g/mol. The van der Waals surface area contributed by atoms with Crippen LogP contribution < -0.4 is 0 Å². The van der Waals surface area contributed by atoms with Crippen molar-refractivity contribution in [3.05, 3.63) is 12.2 Å². The molecule has 4 bridgehead atoms. The van der Waals surface area contributed by atoms with Crippen molar-refractivity contribution in [2.24, 2.45) is 17.8 Å². The number of rotatable bonds is 5. The van der Waals surface area contributed by atoms with E-state index in [4.69, 9.17) is 9.47 Å². The summed E-state index contributed by atoms with van der Waals surface area (Å²) in [4.78, 5) is 24.0. The van der Waals surface area contributed by atoms with Gasteiger partial charge in [-0.15, -0.1) is 0 Å². The first-order chi connectivity index (χ1) is 10.3. The minimum absolute atomic E-state index is 0.0622. The Kier molecular flexibility index (Phi) is 4.04. The van der Waals surface area contributed by atoms with Crippen LogP contribution in [-0.4, -0.2) is 23.6 Å². The van der Waals surface area contributed by atoms with Crippen LogP contribution in [0.25, 0.3) is 0 Å². The van der Waals surface area contributed by atoms with E-state index in [-0.39, 0.29) is 29.7 Å². The van der Waals surface area contributed by atoms with Gasteiger partial charge in [0.1, 0.15) is 5.60 Å². The highest BCUT2D eigenvalue weighted by Gasteiger charge is 2.53. The lowest BCUT2D eigenvalue weighted by atomic mass is 9.54. The van der Waals surface area contributed by atoms with Gasteiger partial charge in [-0.25, -0.2) is 4.79 Å². The summed E-state index contributed by atoms with van der Waals surface area (Å²) < 4.78 is 10.9. The Bertz CT molecular complexity index is 456. The van der Waals surface area contributed by atoms with E-state index in [0.29, 0.717) is 0 Å². The van der Waals surface area contributed by atoms with Crippen LogP contribution in [0, 0.1) is 17.8 Å². The standard InChI is InChI=1S/C18H26O4/c1-11(2)21-17(20)12(3)4-16(19)22-18-8-13-5-14(9-18)7-15(6-13)10-18/h11,13-15H,3-10H2,1-2H3. The lowest BCUT2D eigenvalue weighted by Crippen LogP contribution is -2.52. The molecule has 4 aliphatic rings. The number of ether oxygens (including phenoxy) is 2. The molecule has 0 saturated heterocycles. The monoisotopic (exact) mass is 306 g/mol. The third-order valence-electron chi connectivity index (χ3n) is 5.30. The molecule has 0 radical (unpaired) electrons. The van der Waals surface area contributed by atoms with Crippen molar-refractivity contribution in [2.75, 3.05) is 0 Å². The van der Waals surface area contributed by atoms with Crippen molar-refractivity contribution >= 4 is 11.9 Å².